The van der Waals surface area contributed by atoms with E-state index in [1.54, 1.807) is 6.07 Å². The van der Waals surface area contributed by atoms with E-state index in [0.29, 0.717) is 18.7 Å². The van der Waals surface area contributed by atoms with Crippen LogP contribution in [0.2, 0.25) is 0 Å². The number of sulfonamides is 1. The number of nitrogens with zero attached hydrogens (tertiary/aromatic N) is 2. The predicted molar refractivity (Wildman–Crippen MR) is 63.9 cm³/mol. The van der Waals surface area contributed by atoms with Crippen molar-refractivity contribution in [3.8, 4) is 5.75 Å². The number of nitro groups is 1. The molecule has 1 aliphatic rings. The zero-order valence-corrected chi connectivity index (χ0v) is 10.4. The number of rotatable bonds is 3. The van der Waals surface area contributed by atoms with Gasteiger partial charge >= 0.3 is 5.69 Å². The third-order valence-electron chi connectivity index (χ3n) is 2.98. The standard InChI is InChI=1S/C10H12N2O5S/c1-18(16,17)11-5-8(6-11)7-2-3-10(13)9(4-7)12(14)15/h2-4,8,13H,5-6H2,1H3. The molecular formula is C10H12N2O5S. The molecule has 1 aliphatic heterocycles. The molecule has 1 fully saturated rings. The predicted octanol–water partition coefficient (Wildman–Crippen LogP) is 0.659. The van der Waals surface area contributed by atoms with Crippen molar-refractivity contribution >= 4 is 15.7 Å². The van der Waals surface area contributed by atoms with Crippen LogP contribution in [0, 0.1) is 10.1 Å². The Bertz CT molecular complexity index is 592. The molecule has 0 aliphatic carbocycles. The lowest BCUT2D eigenvalue weighted by molar-refractivity contribution is -0.385. The van der Waals surface area contributed by atoms with E-state index in [-0.39, 0.29) is 17.4 Å². The van der Waals surface area contributed by atoms with Gasteiger partial charge in [0.1, 0.15) is 0 Å². The topological polar surface area (TPSA) is 101 Å². The van der Waals surface area contributed by atoms with Crippen LogP contribution in [-0.2, 0) is 10.0 Å². The Morgan fingerprint density at radius 2 is 2.06 bits per heavy atom. The summed E-state index contributed by atoms with van der Waals surface area (Å²) in [7, 11) is -3.19. The summed E-state index contributed by atoms with van der Waals surface area (Å²) in [6.45, 7) is 0.640. The lowest BCUT2D eigenvalue weighted by Crippen LogP contribution is -2.47. The van der Waals surface area contributed by atoms with Gasteiger partial charge in [-0.3, -0.25) is 10.1 Å². The molecule has 8 heteroatoms. The molecule has 0 saturated carbocycles. The van der Waals surface area contributed by atoms with Gasteiger partial charge in [0.25, 0.3) is 0 Å². The molecule has 0 bridgehead atoms. The molecule has 1 aromatic carbocycles. The first-order valence-electron chi connectivity index (χ1n) is 5.21. The molecule has 2 rings (SSSR count). The van der Waals surface area contributed by atoms with Crippen molar-refractivity contribution in [2.45, 2.75) is 5.92 Å². The quantitative estimate of drug-likeness (QED) is 0.643. The number of nitro benzene ring substituents is 1. The maximum absolute atomic E-state index is 11.2. The Morgan fingerprint density at radius 1 is 1.44 bits per heavy atom. The maximum Gasteiger partial charge on any atom is 0.310 e. The van der Waals surface area contributed by atoms with Crippen LogP contribution in [0.3, 0.4) is 0 Å². The van der Waals surface area contributed by atoms with Gasteiger partial charge in [0.05, 0.1) is 11.2 Å². The molecule has 0 atom stereocenters. The minimum Gasteiger partial charge on any atom is -0.502 e. The summed E-state index contributed by atoms with van der Waals surface area (Å²) < 4.78 is 23.7. The number of phenolic OH excluding ortho intramolecular Hbond substituents is 1. The highest BCUT2D eigenvalue weighted by atomic mass is 32.2. The molecule has 0 amide bonds. The highest BCUT2D eigenvalue weighted by Gasteiger charge is 2.34. The van der Waals surface area contributed by atoms with Crippen molar-refractivity contribution in [1.82, 2.24) is 4.31 Å². The summed E-state index contributed by atoms with van der Waals surface area (Å²) >= 11 is 0. The summed E-state index contributed by atoms with van der Waals surface area (Å²) in [5.41, 5.74) is 0.310. The molecule has 1 N–H and O–H groups in total. The second-order valence-electron chi connectivity index (χ2n) is 4.28. The highest BCUT2D eigenvalue weighted by Crippen LogP contribution is 2.34. The SMILES string of the molecule is CS(=O)(=O)N1CC(c2ccc(O)c([N+](=O)[O-])c2)C1. The van der Waals surface area contributed by atoms with Gasteiger partial charge in [0.2, 0.25) is 10.0 Å². The minimum atomic E-state index is -3.19. The number of hydrogen-bond donors (Lipinski definition) is 1. The van der Waals surface area contributed by atoms with Gasteiger partial charge in [-0.25, -0.2) is 12.7 Å². The summed E-state index contributed by atoms with van der Waals surface area (Å²) in [6.07, 6.45) is 1.13. The van der Waals surface area contributed by atoms with Crippen molar-refractivity contribution in [1.29, 1.82) is 0 Å². The van der Waals surface area contributed by atoms with E-state index in [1.807, 2.05) is 0 Å². The third kappa shape index (κ3) is 2.29. The number of aromatic hydroxyl groups is 1. The van der Waals surface area contributed by atoms with Gasteiger partial charge in [0, 0.05) is 25.1 Å². The fourth-order valence-electron chi connectivity index (χ4n) is 1.86. The lowest BCUT2D eigenvalue weighted by atomic mass is 9.93. The first-order valence-corrected chi connectivity index (χ1v) is 7.06. The molecule has 98 valence electrons. The van der Waals surface area contributed by atoms with Gasteiger partial charge in [-0.15, -0.1) is 0 Å². The molecule has 0 aromatic heterocycles. The zero-order valence-electron chi connectivity index (χ0n) is 9.61. The smallest absolute Gasteiger partial charge is 0.310 e. The molecule has 1 aromatic rings. The molecular weight excluding hydrogens is 260 g/mol. The van der Waals surface area contributed by atoms with Crippen LogP contribution >= 0.6 is 0 Å². The van der Waals surface area contributed by atoms with Gasteiger partial charge < -0.3 is 5.11 Å². The average Bonchev–Trinajstić information content (AvgIpc) is 2.15. The largest absolute Gasteiger partial charge is 0.502 e. The summed E-state index contributed by atoms with van der Waals surface area (Å²) in [4.78, 5) is 10.0. The molecule has 7 nitrogen and oxygen atoms in total. The fraction of sp³-hybridized carbons (Fsp3) is 0.400. The molecule has 1 saturated heterocycles. The van der Waals surface area contributed by atoms with Crippen LogP contribution in [0.5, 0.6) is 5.75 Å². The van der Waals surface area contributed by atoms with Crippen molar-refractivity contribution < 1.29 is 18.4 Å². The Balaban J connectivity index is 2.18. The van der Waals surface area contributed by atoms with E-state index in [1.165, 1.54) is 16.4 Å². The van der Waals surface area contributed by atoms with Crippen molar-refractivity contribution in [3.05, 3.63) is 33.9 Å². The highest BCUT2D eigenvalue weighted by molar-refractivity contribution is 7.88. The van der Waals surface area contributed by atoms with Crippen LogP contribution in [-0.4, -0.2) is 42.1 Å². The molecule has 0 unspecified atom stereocenters. The van der Waals surface area contributed by atoms with Gasteiger partial charge in [-0.1, -0.05) is 6.07 Å². The Hall–Kier alpha value is -1.67. The second kappa shape index (κ2) is 4.21. The van der Waals surface area contributed by atoms with E-state index in [4.69, 9.17) is 0 Å². The van der Waals surface area contributed by atoms with E-state index in [2.05, 4.69) is 0 Å². The fourth-order valence-corrected chi connectivity index (χ4v) is 2.76. The van der Waals surface area contributed by atoms with E-state index in [0.717, 1.165) is 6.26 Å². The van der Waals surface area contributed by atoms with Crippen molar-refractivity contribution in [3.63, 3.8) is 0 Å². The van der Waals surface area contributed by atoms with Crippen LogP contribution < -0.4 is 0 Å². The first-order chi connectivity index (χ1) is 8.29. The van der Waals surface area contributed by atoms with E-state index < -0.39 is 14.9 Å². The maximum atomic E-state index is 11.2. The molecule has 0 spiro atoms. The zero-order chi connectivity index (χ0) is 13.5. The number of benzene rings is 1. The van der Waals surface area contributed by atoms with Crippen LogP contribution in [0.4, 0.5) is 5.69 Å². The van der Waals surface area contributed by atoms with Crippen molar-refractivity contribution in [2.75, 3.05) is 19.3 Å². The summed E-state index contributed by atoms with van der Waals surface area (Å²) in [5.74, 6) is -0.443. The van der Waals surface area contributed by atoms with Gasteiger partial charge in [-0.05, 0) is 11.6 Å². The Labute approximate surface area is 104 Å². The molecule has 18 heavy (non-hydrogen) atoms. The first kappa shape index (κ1) is 12.8. The Kier molecular flexibility index (Phi) is 2.99. The normalized spacial score (nSPS) is 17.4. The van der Waals surface area contributed by atoms with Crippen LogP contribution in [0.25, 0.3) is 0 Å². The number of hydrogen-bond acceptors (Lipinski definition) is 5. The average molecular weight is 272 g/mol. The second-order valence-corrected chi connectivity index (χ2v) is 6.26. The monoisotopic (exact) mass is 272 g/mol. The summed E-state index contributed by atoms with van der Waals surface area (Å²) in [5, 5.41) is 20.0. The van der Waals surface area contributed by atoms with Crippen LogP contribution in [0.15, 0.2) is 18.2 Å². The summed E-state index contributed by atoms with van der Waals surface area (Å²) in [6, 6.07) is 4.13. The van der Waals surface area contributed by atoms with E-state index in [9.17, 15) is 23.6 Å². The van der Waals surface area contributed by atoms with Gasteiger partial charge in [0.15, 0.2) is 5.75 Å². The lowest BCUT2D eigenvalue weighted by Gasteiger charge is -2.37. The molecule has 1 heterocycles. The Morgan fingerprint density at radius 3 is 2.56 bits per heavy atom. The number of phenols is 1. The van der Waals surface area contributed by atoms with Crippen molar-refractivity contribution in [2.24, 2.45) is 0 Å². The minimum absolute atomic E-state index is 0.0565. The van der Waals surface area contributed by atoms with E-state index >= 15 is 0 Å². The van der Waals surface area contributed by atoms with Crippen LogP contribution in [0.1, 0.15) is 11.5 Å². The molecule has 0 radical (unpaired) electrons. The third-order valence-corrected chi connectivity index (χ3v) is 4.22. The van der Waals surface area contributed by atoms with Gasteiger partial charge in [-0.2, -0.15) is 0 Å².